The molecule has 0 N–H and O–H groups in total. The molecule has 0 heterocycles. The van der Waals surface area contributed by atoms with Crippen LogP contribution in [-0.4, -0.2) is 44.4 Å². The van der Waals surface area contributed by atoms with Gasteiger partial charge in [-0.1, -0.05) is 6.92 Å². The van der Waals surface area contributed by atoms with Gasteiger partial charge in [0.2, 0.25) is 0 Å². The summed E-state index contributed by atoms with van der Waals surface area (Å²) in [4.78, 5) is 15.9. The van der Waals surface area contributed by atoms with E-state index in [1.54, 1.807) is 6.92 Å². The Balaban J connectivity index is 2.92. The molecule has 19 heavy (non-hydrogen) atoms. The number of carbonyl (C=O) groups is 1. The molecule has 0 amide bonds. The Kier molecular flexibility index (Phi) is 6.52. The second kappa shape index (κ2) is 7.65. The van der Waals surface area contributed by atoms with Gasteiger partial charge in [0.05, 0.1) is 5.69 Å². The van der Waals surface area contributed by atoms with E-state index in [0.29, 0.717) is 0 Å². The lowest BCUT2D eigenvalue weighted by molar-refractivity contribution is 0.101. The molecule has 0 atom stereocenters. The van der Waals surface area contributed by atoms with E-state index in [-0.39, 0.29) is 5.78 Å². The molecule has 0 aliphatic rings. The largest absolute Gasteiger partial charge is 0.369 e. The normalized spacial score (nSPS) is 10.8. The second-order valence-corrected chi connectivity index (χ2v) is 5.87. The maximum Gasteiger partial charge on any atom is 0.159 e. The highest BCUT2D eigenvalue weighted by atomic mass is 79.9. The zero-order chi connectivity index (χ0) is 14.4. The van der Waals surface area contributed by atoms with Crippen LogP contribution in [0.5, 0.6) is 0 Å². The molecule has 0 radical (unpaired) electrons. The average Bonchev–Trinajstić information content (AvgIpc) is 2.34. The second-order valence-electron chi connectivity index (χ2n) is 5.01. The van der Waals surface area contributed by atoms with Crippen LogP contribution in [0.15, 0.2) is 22.7 Å². The molecule has 106 valence electrons. The van der Waals surface area contributed by atoms with Crippen molar-refractivity contribution in [1.82, 2.24) is 4.90 Å². The van der Waals surface area contributed by atoms with E-state index in [0.717, 1.165) is 41.8 Å². The maximum absolute atomic E-state index is 11.4. The van der Waals surface area contributed by atoms with E-state index in [1.165, 1.54) is 0 Å². The summed E-state index contributed by atoms with van der Waals surface area (Å²) in [5.41, 5.74) is 1.91. The van der Waals surface area contributed by atoms with E-state index < -0.39 is 0 Å². The first-order valence-electron chi connectivity index (χ1n) is 6.65. The first-order valence-corrected chi connectivity index (χ1v) is 7.45. The van der Waals surface area contributed by atoms with Crippen molar-refractivity contribution in [2.24, 2.45) is 0 Å². The van der Waals surface area contributed by atoms with Gasteiger partial charge in [0.1, 0.15) is 0 Å². The molecule has 0 aliphatic carbocycles. The molecular formula is C15H23BrN2O. The minimum Gasteiger partial charge on any atom is -0.369 e. The fraction of sp³-hybridized carbons (Fsp3) is 0.533. The van der Waals surface area contributed by atoms with E-state index in [9.17, 15) is 4.79 Å². The number of carbonyl (C=O) groups excluding carboxylic acids is 1. The zero-order valence-corrected chi connectivity index (χ0v) is 13.8. The molecule has 0 aromatic heterocycles. The Hall–Kier alpha value is -0.870. The Bertz CT molecular complexity index is 432. The fourth-order valence-electron chi connectivity index (χ4n) is 1.93. The number of nitrogens with zero attached hydrogens (tertiary/aromatic N) is 2. The number of hydrogen-bond acceptors (Lipinski definition) is 3. The van der Waals surface area contributed by atoms with Crippen LogP contribution in [0.25, 0.3) is 0 Å². The Morgan fingerprint density at radius 1 is 1.21 bits per heavy atom. The zero-order valence-electron chi connectivity index (χ0n) is 12.2. The summed E-state index contributed by atoms with van der Waals surface area (Å²) in [6.07, 6.45) is 1.11. The van der Waals surface area contributed by atoms with Crippen LogP contribution in [0.3, 0.4) is 0 Å². The van der Waals surface area contributed by atoms with Crippen LogP contribution in [0.1, 0.15) is 30.6 Å². The number of Topliss-reactive ketones (excluding diaryl/α,β-unsaturated/α-hetero) is 1. The van der Waals surface area contributed by atoms with Gasteiger partial charge in [-0.3, -0.25) is 4.79 Å². The molecule has 0 aliphatic heterocycles. The summed E-state index contributed by atoms with van der Waals surface area (Å²) in [6.45, 7) is 6.80. The molecule has 1 aromatic carbocycles. The molecule has 4 heteroatoms. The molecule has 1 aromatic rings. The number of hydrogen-bond donors (Lipinski definition) is 0. The molecule has 0 saturated heterocycles. The standard InChI is InChI=1S/C15H23BrN2O/c1-5-8-18(10-9-17(3)4)15-7-6-13(12(2)19)11-14(15)16/h6-7,11H,5,8-10H2,1-4H3. The van der Waals surface area contributed by atoms with Gasteiger partial charge < -0.3 is 9.80 Å². The van der Waals surface area contributed by atoms with E-state index >= 15 is 0 Å². The average molecular weight is 327 g/mol. The monoisotopic (exact) mass is 326 g/mol. The number of ketones is 1. The van der Waals surface area contributed by atoms with Gasteiger partial charge in [0.25, 0.3) is 0 Å². The summed E-state index contributed by atoms with van der Waals surface area (Å²) in [7, 11) is 4.16. The first kappa shape index (κ1) is 16.2. The minimum absolute atomic E-state index is 0.0996. The molecule has 0 bridgehead atoms. The van der Waals surface area contributed by atoms with Crippen LogP contribution >= 0.6 is 15.9 Å². The predicted molar refractivity (Wildman–Crippen MR) is 85.2 cm³/mol. The molecule has 0 unspecified atom stereocenters. The van der Waals surface area contributed by atoms with Crippen molar-refractivity contribution in [2.75, 3.05) is 38.6 Å². The van der Waals surface area contributed by atoms with Crippen LogP contribution in [0.4, 0.5) is 5.69 Å². The summed E-state index contributed by atoms with van der Waals surface area (Å²) >= 11 is 3.59. The Labute approximate surface area is 124 Å². The van der Waals surface area contributed by atoms with Gasteiger partial charge in [0.15, 0.2) is 5.78 Å². The van der Waals surface area contributed by atoms with Crippen molar-refractivity contribution in [3.8, 4) is 0 Å². The van der Waals surface area contributed by atoms with Gasteiger partial charge in [-0.15, -0.1) is 0 Å². The minimum atomic E-state index is 0.0996. The highest BCUT2D eigenvalue weighted by molar-refractivity contribution is 9.10. The number of halogens is 1. The highest BCUT2D eigenvalue weighted by Crippen LogP contribution is 2.27. The van der Waals surface area contributed by atoms with Gasteiger partial charge in [-0.2, -0.15) is 0 Å². The van der Waals surface area contributed by atoms with Crippen molar-refractivity contribution < 1.29 is 4.79 Å². The van der Waals surface area contributed by atoms with E-state index in [1.807, 2.05) is 18.2 Å². The molecule has 0 saturated carbocycles. The quantitative estimate of drug-likeness (QED) is 0.717. The third-order valence-electron chi connectivity index (χ3n) is 3.01. The van der Waals surface area contributed by atoms with Crippen LogP contribution in [-0.2, 0) is 0 Å². The van der Waals surface area contributed by atoms with Crippen molar-refractivity contribution in [1.29, 1.82) is 0 Å². The van der Waals surface area contributed by atoms with Crippen molar-refractivity contribution in [3.63, 3.8) is 0 Å². The van der Waals surface area contributed by atoms with Gasteiger partial charge >= 0.3 is 0 Å². The fourth-order valence-corrected chi connectivity index (χ4v) is 2.56. The number of likely N-dealkylation sites (N-methyl/N-ethyl adjacent to an activating group) is 1. The van der Waals surface area contributed by atoms with Crippen LogP contribution in [0.2, 0.25) is 0 Å². The first-order chi connectivity index (χ1) is 8.95. The molecule has 3 nitrogen and oxygen atoms in total. The maximum atomic E-state index is 11.4. The van der Waals surface area contributed by atoms with E-state index in [4.69, 9.17) is 0 Å². The summed E-state index contributed by atoms with van der Waals surface area (Å²) in [6, 6.07) is 5.85. The summed E-state index contributed by atoms with van der Waals surface area (Å²) < 4.78 is 0.993. The predicted octanol–water partition coefficient (Wildman–Crippen LogP) is 3.43. The lowest BCUT2D eigenvalue weighted by Crippen LogP contribution is -2.32. The van der Waals surface area contributed by atoms with Gasteiger partial charge in [-0.05, 0) is 61.6 Å². The van der Waals surface area contributed by atoms with Crippen LogP contribution in [0, 0.1) is 0 Å². The lowest BCUT2D eigenvalue weighted by atomic mass is 10.1. The van der Waals surface area contributed by atoms with Gasteiger partial charge in [0, 0.05) is 29.7 Å². The summed E-state index contributed by atoms with van der Waals surface area (Å²) in [5.74, 6) is 0.0996. The third-order valence-corrected chi connectivity index (χ3v) is 3.64. The Morgan fingerprint density at radius 2 is 1.89 bits per heavy atom. The van der Waals surface area contributed by atoms with Gasteiger partial charge in [-0.25, -0.2) is 0 Å². The molecule has 0 spiro atoms. The summed E-state index contributed by atoms with van der Waals surface area (Å²) in [5, 5.41) is 0. The van der Waals surface area contributed by atoms with Crippen molar-refractivity contribution >= 4 is 27.4 Å². The highest BCUT2D eigenvalue weighted by Gasteiger charge is 2.11. The van der Waals surface area contributed by atoms with Crippen LogP contribution < -0.4 is 4.90 Å². The topological polar surface area (TPSA) is 23.6 Å². The lowest BCUT2D eigenvalue weighted by Gasteiger charge is -2.27. The van der Waals surface area contributed by atoms with Crippen molar-refractivity contribution in [3.05, 3.63) is 28.2 Å². The Morgan fingerprint density at radius 3 is 2.37 bits per heavy atom. The number of rotatable bonds is 7. The molecular weight excluding hydrogens is 304 g/mol. The number of anilines is 1. The number of benzene rings is 1. The SMILES string of the molecule is CCCN(CCN(C)C)c1ccc(C(C)=O)cc1Br. The van der Waals surface area contributed by atoms with E-state index in [2.05, 4.69) is 46.7 Å². The molecule has 1 rings (SSSR count). The smallest absolute Gasteiger partial charge is 0.159 e. The third kappa shape index (κ3) is 4.96. The molecule has 0 fully saturated rings. The van der Waals surface area contributed by atoms with Crippen molar-refractivity contribution in [2.45, 2.75) is 20.3 Å².